The van der Waals surface area contributed by atoms with Gasteiger partial charge < -0.3 is 20.3 Å². The smallest absolute Gasteiger partial charge is 0.338 e. The topological polar surface area (TPSA) is 108 Å². The van der Waals surface area contributed by atoms with Gasteiger partial charge in [-0.3, -0.25) is 19.3 Å². The van der Waals surface area contributed by atoms with Gasteiger partial charge >= 0.3 is 5.97 Å². The molecule has 2 aromatic carbocycles. The molecular formula is C24H26N4O5S. The molecule has 178 valence electrons. The fraction of sp³-hybridized carbons (Fsp3) is 0.292. The van der Waals surface area contributed by atoms with Crippen molar-refractivity contribution in [1.29, 1.82) is 0 Å². The number of amides is 3. The summed E-state index contributed by atoms with van der Waals surface area (Å²) in [4.78, 5) is 52.3. The number of para-hydroxylation sites is 1. The van der Waals surface area contributed by atoms with E-state index in [1.807, 2.05) is 6.07 Å². The molecule has 1 unspecified atom stereocenters. The van der Waals surface area contributed by atoms with Crippen molar-refractivity contribution in [1.82, 2.24) is 10.2 Å². The van der Waals surface area contributed by atoms with Crippen molar-refractivity contribution in [3.63, 3.8) is 0 Å². The zero-order chi connectivity index (χ0) is 24.7. The number of carbonyl (C=O) groups excluding carboxylic acids is 4. The predicted molar refractivity (Wildman–Crippen MR) is 131 cm³/mol. The maximum absolute atomic E-state index is 13.4. The van der Waals surface area contributed by atoms with E-state index in [0.29, 0.717) is 16.9 Å². The van der Waals surface area contributed by atoms with Gasteiger partial charge in [-0.15, -0.1) is 0 Å². The molecule has 1 aliphatic rings. The fourth-order valence-corrected chi connectivity index (χ4v) is 3.96. The lowest BCUT2D eigenvalue weighted by Crippen LogP contribution is -2.42. The molecule has 0 aliphatic carbocycles. The first-order chi connectivity index (χ1) is 16.3. The largest absolute Gasteiger partial charge is 0.462 e. The summed E-state index contributed by atoms with van der Waals surface area (Å²) in [6.07, 6.45) is -0.120. The minimum absolute atomic E-state index is 0.120. The highest BCUT2D eigenvalue weighted by Gasteiger charge is 2.43. The maximum Gasteiger partial charge on any atom is 0.338 e. The van der Waals surface area contributed by atoms with Crippen LogP contribution in [0.3, 0.4) is 0 Å². The maximum atomic E-state index is 13.4. The second kappa shape index (κ2) is 11.4. The first-order valence-corrected chi connectivity index (χ1v) is 11.2. The van der Waals surface area contributed by atoms with Crippen LogP contribution in [0, 0.1) is 0 Å². The Balaban J connectivity index is 1.80. The van der Waals surface area contributed by atoms with Crippen LogP contribution in [0.1, 0.15) is 30.6 Å². The van der Waals surface area contributed by atoms with Crippen LogP contribution in [0.2, 0.25) is 0 Å². The van der Waals surface area contributed by atoms with Gasteiger partial charge in [0.2, 0.25) is 11.8 Å². The zero-order valence-electron chi connectivity index (χ0n) is 18.9. The molecule has 0 aromatic heterocycles. The number of benzene rings is 2. The minimum Gasteiger partial charge on any atom is -0.462 e. The van der Waals surface area contributed by atoms with Crippen molar-refractivity contribution in [2.24, 2.45) is 0 Å². The zero-order valence-corrected chi connectivity index (χ0v) is 19.8. The Morgan fingerprint density at radius 3 is 2.35 bits per heavy atom. The van der Waals surface area contributed by atoms with Crippen molar-refractivity contribution >= 4 is 52.4 Å². The second-order valence-electron chi connectivity index (χ2n) is 7.53. The molecule has 0 saturated carbocycles. The monoisotopic (exact) mass is 482 g/mol. The van der Waals surface area contributed by atoms with Gasteiger partial charge in [0.25, 0.3) is 5.91 Å². The van der Waals surface area contributed by atoms with Crippen LogP contribution >= 0.6 is 12.2 Å². The molecule has 0 bridgehead atoms. The van der Waals surface area contributed by atoms with Gasteiger partial charge in [-0.25, -0.2) is 4.79 Å². The Morgan fingerprint density at radius 2 is 1.74 bits per heavy atom. The van der Waals surface area contributed by atoms with Crippen molar-refractivity contribution in [3.05, 3.63) is 60.2 Å². The molecule has 3 rings (SSSR count). The molecule has 10 heteroatoms. The van der Waals surface area contributed by atoms with E-state index in [-0.39, 0.29) is 49.0 Å². The summed E-state index contributed by atoms with van der Waals surface area (Å²) < 4.78 is 4.99. The van der Waals surface area contributed by atoms with Crippen molar-refractivity contribution in [3.8, 4) is 0 Å². The summed E-state index contributed by atoms with van der Waals surface area (Å²) in [5, 5.41) is 5.69. The first-order valence-electron chi connectivity index (χ1n) is 10.8. The average molecular weight is 483 g/mol. The van der Waals surface area contributed by atoms with Gasteiger partial charge in [0, 0.05) is 25.7 Å². The normalized spacial score (nSPS) is 15.3. The second-order valence-corrected chi connectivity index (χ2v) is 7.90. The van der Waals surface area contributed by atoms with E-state index in [0.717, 1.165) is 0 Å². The summed E-state index contributed by atoms with van der Waals surface area (Å²) in [7, 11) is 0. The number of carbonyl (C=O) groups is 4. The van der Waals surface area contributed by atoms with Crippen molar-refractivity contribution < 1.29 is 23.9 Å². The van der Waals surface area contributed by atoms with E-state index >= 15 is 0 Å². The SMILES string of the molecule is CCOC(=O)c1ccc(N2C(=O)C(CC(=O)Nc3ccccc3)N(CCNC(C)=O)C2=S)cc1. The number of hydrogen-bond acceptors (Lipinski definition) is 6. The number of hydrogen-bond donors (Lipinski definition) is 2. The number of nitrogens with one attached hydrogen (secondary N) is 2. The number of anilines is 2. The molecule has 1 atom stereocenters. The van der Waals surface area contributed by atoms with E-state index in [2.05, 4.69) is 10.6 Å². The lowest BCUT2D eigenvalue weighted by Gasteiger charge is -2.24. The van der Waals surface area contributed by atoms with E-state index in [1.165, 1.54) is 11.8 Å². The molecular weight excluding hydrogens is 456 g/mol. The van der Waals surface area contributed by atoms with Crippen molar-refractivity contribution in [2.75, 3.05) is 29.9 Å². The molecule has 2 aromatic rings. The lowest BCUT2D eigenvalue weighted by molar-refractivity contribution is -0.124. The third-order valence-electron chi connectivity index (χ3n) is 5.12. The third-order valence-corrected chi connectivity index (χ3v) is 5.54. The summed E-state index contributed by atoms with van der Waals surface area (Å²) in [6.45, 7) is 3.89. The molecule has 0 spiro atoms. The van der Waals surface area contributed by atoms with E-state index < -0.39 is 12.0 Å². The molecule has 3 amide bonds. The molecule has 34 heavy (non-hydrogen) atoms. The Morgan fingerprint density at radius 1 is 1.06 bits per heavy atom. The lowest BCUT2D eigenvalue weighted by atomic mass is 10.1. The molecule has 0 radical (unpaired) electrons. The molecule has 2 N–H and O–H groups in total. The van der Waals surface area contributed by atoms with Gasteiger partial charge in [-0.2, -0.15) is 0 Å². The Hall–Kier alpha value is -3.79. The molecule has 9 nitrogen and oxygen atoms in total. The van der Waals surface area contributed by atoms with E-state index in [1.54, 1.807) is 60.4 Å². The predicted octanol–water partition coefficient (Wildman–Crippen LogP) is 2.33. The van der Waals surface area contributed by atoms with Gasteiger partial charge in [0.05, 0.1) is 24.3 Å². The molecule has 1 saturated heterocycles. The summed E-state index contributed by atoms with van der Waals surface area (Å²) in [5.74, 6) is -1.37. The minimum atomic E-state index is -0.838. The Labute approximate surface area is 203 Å². The van der Waals surface area contributed by atoms with Gasteiger partial charge in [0.1, 0.15) is 6.04 Å². The van der Waals surface area contributed by atoms with E-state index in [9.17, 15) is 19.2 Å². The van der Waals surface area contributed by atoms with E-state index in [4.69, 9.17) is 17.0 Å². The highest BCUT2D eigenvalue weighted by molar-refractivity contribution is 7.80. The van der Waals surface area contributed by atoms with Gasteiger partial charge in [-0.05, 0) is 55.5 Å². The molecule has 1 aliphatic heterocycles. The van der Waals surface area contributed by atoms with Crippen LogP contribution in [-0.4, -0.2) is 59.4 Å². The highest BCUT2D eigenvalue weighted by Crippen LogP contribution is 2.27. The summed E-state index contributed by atoms with van der Waals surface area (Å²) >= 11 is 5.58. The Kier molecular flexibility index (Phi) is 8.31. The number of ether oxygens (including phenoxy) is 1. The highest BCUT2D eigenvalue weighted by atomic mass is 32.1. The van der Waals surface area contributed by atoms with Crippen LogP contribution < -0.4 is 15.5 Å². The van der Waals surface area contributed by atoms with Crippen LogP contribution in [0.5, 0.6) is 0 Å². The van der Waals surface area contributed by atoms with Crippen molar-refractivity contribution in [2.45, 2.75) is 26.3 Å². The average Bonchev–Trinajstić information content (AvgIpc) is 3.03. The number of esters is 1. The quantitative estimate of drug-likeness (QED) is 0.417. The van der Waals surface area contributed by atoms with Crippen LogP contribution in [0.25, 0.3) is 0 Å². The fourth-order valence-electron chi connectivity index (χ4n) is 3.55. The summed E-state index contributed by atoms with van der Waals surface area (Å²) in [5.41, 5.74) is 1.44. The van der Waals surface area contributed by atoms with Gasteiger partial charge in [0.15, 0.2) is 5.11 Å². The Bertz CT molecular complexity index is 1070. The van der Waals surface area contributed by atoms with Crippen LogP contribution in [0.15, 0.2) is 54.6 Å². The van der Waals surface area contributed by atoms with Crippen LogP contribution in [0.4, 0.5) is 11.4 Å². The number of rotatable bonds is 9. The van der Waals surface area contributed by atoms with Crippen LogP contribution in [-0.2, 0) is 19.1 Å². The molecule has 1 fully saturated rings. The summed E-state index contributed by atoms with van der Waals surface area (Å²) in [6, 6.07) is 14.4. The third kappa shape index (κ3) is 5.96. The number of thiocarbonyl (C=S) groups is 1. The number of nitrogens with zero attached hydrogens (tertiary/aromatic N) is 2. The first kappa shape index (κ1) is 24.8. The standard InChI is InChI=1S/C24H26N4O5S/c1-3-33-23(32)17-9-11-19(12-10-17)28-22(31)20(27(24(28)34)14-13-25-16(2)29)15-21(30)26-18-7-5-4-6-8-18/h4-12,20H,3,13-15H2,1-2H3,(H,25,29)(H,26,30). The van der Waals surface area contributed by atoms with Gasteiger partial charge in [-0.1, -0.05) is 18.2 Å². The molecule has 1 heterocycles.